The Morgan fingerprint density at radius 2 is 1.81 bits per heavy atom. The molecule has 0 radical (unpaired) electrons. The van der Waals surface area contributed by atoms with Gasteiger partial charge < -0.3 is 10.6 Å². The monoisotopic (exact) mass is 361 g/mol. The second-order valence-corrected chi connectivity index (χ2v) is 7.46. The van der Waals surface area contributed by atoms with Gasteiger partial charge in [0.15, 0.2) is 0 Å². The summed E-state index contributed by atoms with van der Waals surface area (Å²) in [4.78, 5) is 28.1. The lowest BCUT2D eigenvalue weighted by molar-refractivity contribution is -0.121. The van der Waals surface area contributed by atoms with Gasteiger partial charge in [0.1, 0.15) is 5.82 Å². The zero-order valence-corrected chi connectivity index (χ0v) is 15.2. The molecule has 1 saturated heterocycles. The van der Waals surface area contributed by atoms with Crippen LogP contribution in [0.3, 0.4) is 0 Å². The van der Waals surface area contributed by atoms with Crippen molar-refractivity contribution in [3.8, 4) is 0 Å². The third-order valence-corrected chi connectivity index (χ3v) is 5.72. The highest BCUT2D eigenvalue weighted by Crippen LogP contribution is 2.35. The van der Waals surface area contributed by atoms with E-state index in [1.807, 2.05) is 0 Å². The fourth-order valence-corrected chi connectivity index (χ4v) is 4.42. The lowest BCUT2D eigenvalue weighted by Gasteiger charge is -2.44. The van der Waals surface area contributed by atoms with Crippen molar-refractivity contribution in [1.82, 2.24) is 4.90 Å². The molecular weight excluding hydrogens is 333 g/mol. The van der Waals surface area contributed by atoms with Crippen LogP contribution in [0.5, 0.6) is 0 Å². The summed E-state index contributed by atoms with van der Waals surface area (Å²) in [5.41, 5.74) is 5.87. The molecule has 142 valence electrons. The number of hydrogen-bond acceptors (Lipinski definition) is 3. The molecule has 5 nitrogen and oxygen atoms in total. The average molecular weight is 361 g/mol. The first-order valence-corrected chi connectivity index (χ1v) is 9.63. The first kappa shape index (κ1) is 18.8. The van der Waals surface area contributed by atoms with E-state index in [1.165, 1.54) is 37.8 Å². The number of nitrogens with zero attached hydrogens (tertiary/aromatic N) is 2. The Balaban J connectivity index is 1.71. The Morgan fingerprint density at radius 3 is 2.54 bits per heavy atom. The van der Waals surface area contributed by atoms with E-state index in [0.717, 1.165) is 19.4 Å². The van der Waals surface area contributed by atoms with Gasteiger partial charge in [0.2, 0.25) is 11.8 Å². The largest absolute Gasteiger partial charge is 0.370 e. The summed E-state index contributed by atoms with van der Waals surface area (Å²) >= 11 is 0. The molecular formula is C20H28FN3O2. The highest BCUT2D eigenvalue weighted by molar-refractivity contribution is 5.95. The molecule has 2 amide bonds. The van der Waals surface area contributed by atoms with Crippen LogP contribution in [0.4, 0.5) is 10.1 Å². The summed E-state index contributed by atoms with van der Waals surface area (Å²) in [6.45, 7) is 1.51. The second-order valence-electron chi connectivity index (χ2n) is 7.46. The molecule has 1 aromatic rings. The van der Waals surface area contributed by atoms with Crippen molar-refractivity contribution >= 4 is 17.5 Å². The first-order valence-electron chi connectivity index (χ1n) is 9.63. The summed E-state index contributed by atoms with van der Waals surface area (Å²) in [5.74, 6) is -0.147. The van der Waals surface area contributed by atoms with Crippen LogP contribution in [0, 0.1) is 11.7 Å². The van der Waals surface area contributed by atoms with Gasteiger partial charge in [-0.25, -0.2) is 4.39 Å². The number of anilines is 1. The third-order valence-electron chi connectivity index (χ3n) is 5.72. The van der Waals surface area contributed by atoms with Crippen molar-refractivity contribution in [2.45, 2.75) is 51.0 Å². The van der Waals surface area contributed by atoms with Crippen molar-refractivity contribution in [3.05, 3.63) is 30.1 Å². The van der Waals surface area contributed by atoms with Gasteiger partial charge in [0, 0.05) is 24.7 Å². The van der Waals surface area contributed by atoms with E-state index in [1.54, 1.807) is 17.0 Å². The number of rotatable bonds is 6. The number of likely N-dealkylation sites (tertiary alicyclic amines) is 1. The number of halogens is 1. The Kier molecular flexibility index (Phi) is 6.25. The molecule has 2 fully saturated rings. The first-order chi connectivity index (χ1) is 12.5. The molecule has 1 heterocycles. The number of carbonyl (C=O) groups excluding carboxylic acids is 2. The summed E-state index contributed by atoms with van der Waals surface area (Å²) in [6, 6.07) is 6.31. The number of nitrogens with two attached hydrogens (primary N) is 1. The molecule has 2 aliphatic rings. The molecule has 2 atom stereocenters. The molecule has 6 heteroatoms. The number of hydrogen-bond donors (Lipinski definition) is 1. The molecule has 1 aliphatic carbocycles. The summed E-state index contributed by atoms with van der Waals surface area (Å²) in [5, 5.41) is 0. The second kappa shape index (κ2) is 8.62. The number of benzene rings is 1. The molecule has 0 bridgehead atoms. The van der Waals surface area contributed by atoms with Crippen molar-refractivity contribution in [2.75, 3.05) is 24.5 Å². The zero-order chi connectivity index (χ0) is 18.5. The van der Waals surface area contributed by atoms with E-state index >= 15 is 0 Å². The lowest BCUT2D eigenvalue weighted by Crippen LogP contribution is -2.51. The van der Waals surface area contributed by atoms with Gasteiger partial charge in [-0.15, -0.1) is 0 Å². The van der Waals surface area contributed by atoms with Crippen LogP contribution in [0.25, 0.3) is 0 Å². The van der Waals surface area contributed by atoms with Crippen LogP contribution in [0.2, 0.25) is 0 Å². The van der Waals surface area contributed by atoms with Gasteiger partial charge in [-0.2, -0.15) is 0 Å². The molecule has 3 rings (SSSR count). The fraction of sp³-hybridized carbons (Fsp3) is 0.600. The third kappa shape index (κ3) is 4.61. The molecule has 0 spiro atoms. The molecule has 1 saturated carbocycles. The molecule has 1 aromatic carbocycles. The highest BCUT2D eigenvalue weighted by atomic mass is 19.1. The van der Waals surface area contributed by atoms with Crippen LogP contribution in [0.15, 0.2) is 24.3 Å². The van der Waals surface area contributed by atoms with Gasteiger partial charge >= 0.3 is 0 Å². The Bertz CT molecular complexity index is 632. The maximum Gasteiger partial charge on any atom is 0.241 e. The number of amides is 2. The summed E-state index contributed by atoms with van der Waals surface area (Å²) in [6.07, 6.45) is 7.44. The van der Waals surface area contributed by atoms with Crippen molar-refractivity contribution < 1.29 is 14.0 Å². The van der Waals surface area contributed by atoms with Crippen molar-refractivity contribution in [1.29, 1.82) is 0 Å². The van der Waals surface area contributed by atoms with E-state index in [4.69, 9.17) is 5.73 Å². The van der Waals surface area contributed by atoms with Crippen LogP contribution < -0.4 is 10.6 Å². The Morgan fingerprint density at radius 1 is 1.12 bits per heavy atom. The molecule has 1 aliphatic heterocycles. The van der Waals surface area contributed by atoms with Crippen LogP contribution >= 0.6 is 0 Å². The number of fused-ring (bicyclic) bond motifs is 1. The van der Waals surface area contributed by atoms with E-state index in [2.05, 4.69) is 4.90 Å². The quantitative estimate of drug-likeness (QED) is 0.847. The maximum atomic E-state index is 13.2. The molecule has 26 heavy (non-hydrogen) atoms. The lowest BCUT2D eigenvalue weighted by atomic mass is 9.78. The van der Waals surface area contributed by atoms with Crippen LogP contribution in [-0.2, 0) is 9.59 Å². The summed E-state index contributed by atoms with van der Waals surface area (Å²) in [7, 11) is 0. The van der Waals surface area contributed by atoms with Gasteiger partial charge in [-0.05, 0) is 62.4 Å². The van der Waals surface area contributed by atoms with Gasteiger partial charge in [0.25, 0.3) is 0 Å². The standard InChI is InChI=1S/C20H28FN3O2/c21-16-7-9-17(10-8-16)24(13-11-19(22)25)20(26)14-23-12-3-5-15-4-1-2-6-18(15)23/h7-10,15,18H,1-6,11-14H2,(H2,22,25). The Hall–Kier alpha value is -1.95. The molecule has 2 N–H and O–H groups in total. The van der Waals surface area contributed by atoms with Crippen molar-refractivity contribution in [3.63, 3.8) is 0 Å². The smallest absolute Gasteiger partial charge is 0.241 e. The maximum absolute atomic E-state index is 13.2. The summed E-state index contributed by atoms with van der Waals surface area (Å²) < 4.78 is 13.2. The predicted molar refractivity (Wildman–Crippen MR) is 99.1 cm³/mol. The zero-order valence-electron chi connectivity index (χ0n) is 15.2. The minimum absolute atomic E-state index is 0.0518. The predicted octanol–water partition coefficient (Wildman–Crippen LogP) is 2.69. The topological polar surface area (TPSA) is 66.6 Å². The normalized spacial score (nSPS) is 23.3. The van der Waals surface area contributed by atoms with E-state index in [-0.39, 0.29) is 24.7 Å². The Labute approximate surface area is 154 Å². The highest BCUT2D eigenvalue weighted by Gasteiger charge is 2.34. The van der Waals surface area contributed by atoms with Crippen molar-refractivity contribution in [2.24, 2.45) is 11.7 Å². The minimum atomic E-state index is -0.449. The van der Waals surface area contributed by atoms with E-state index in [9.17, 15) is 14.0 Å². The number of piperidine rings is 1. The average Bonchev–Trinajstić information content (AvgIpc) is 2.63. The van der Waals surface area contributed by atoms with Crippen LogP contribution in [-0.4, -0.2) is 42.4 Å². The van der Waals surface area contributed by atoms with E-state index < -0.39 is 5.91 Å². The van der Waals surface area contributed by atoms with Gasteiger partial charge in [0.05, 0.1) is 6.54 Å². The SMILES string of the molecule is NC(=O)CCN(C(=O)CN1CCCC2CCCCC21)c1ccc(F)cc1. The van der Waals surface area contributed by atoms with Crippen LogP contribution in [0.1, 0.15) is 44.9 Å². The van der Waals surface area contributed by atoms with Gasteiger partial charge in [-0.1, -0.05) is 12.8 Å². The number of carbonyl (C=O) groups is 2. The fourth-order valence-electron chi connectivity index (χ4n) is 4.42. The molecule has 2 unspecified atom stereocenters. The molecule has 0 aromatic heterocycles. The van der Waals surface area contributed by atoms with E-state index in [0.29, 0.717) is 24.2 Å². The minimum Gasteiger partial charge on any atom is -0.370 e. The number of primary amides is 1. The van der Waals surface area contributed by atoms with Gasteiger partial charge in [-0.3, -0.25) is 14.5 Å².